The van der Waals surface area contributed by atoms with Crippen LogP contribution in [-0.4, -0.2) is 59.0 Å². The van der Waals surface area contributed by atoms with Crippen molar-refractivity contribution in [2.75, 3.05) is 26.2 Å². The summed E-state index contributed by atoms with van der Waals surface area (Å²) in [5.41, 5.74) is 0. The summed E-state index contributed by atoms with van der Waals surface area (Å²) < 4.78 is 0. The monoisotopic (exact) mass is 266 g/mol. The number of aliphatic hydroxyl groups excluding tert-OH is 1. The zero-order chi connectivity index (χ0) is 13.6. The van der Waals surface area contributed by atoms with Gasteiger partial charge in [-0.2, -0.15) is 0 Å². The van der Waals surface area contributed by atoms with E-state index < -0.39 is 0 Å². The number of nitrogens with zero attached hydrogens (tertiary/aromatic N) is 2. The normalized spacial score (nSPS) is 38.1. The molecule has 0 radical (unpaired) electrons. The lowest BCUT2D eigenvalue weighted by Crippen LogP contribution is -2.37. The average Bonchev–Trinajstić information content (AvgIpc) is 3.05. The molecule has 2 heterocycles. The maximum absolute atomic E-state index is 12.5. The summed E-state index contributed by atoms with van der Waals surface area (Å²) in [6.07, 6.45) is 2.03. The van der Waals surface area contributed by atoms with Crippen molar-refractivity contribution in [1.82, 2.24) is 9.80 Å². The van der Waals surface area contributed by atoms with Crippen LogP contribution < -0.4 is 0 Å². The second-order valence-electron chi connectivity index (χ2n) is 6.15. The number of aliphatic hydroxyl groups is 1. The van der Waals surface area contributed by atoms with Crippen LogP contribution in [0.5, 0.6) is 0 Å². The fourth-order valence-corrected chi connectivity index (χ4v) is 3.92. The molecule has 106 valence electrons. The molecule has 3 fully saturated rings. The molecule has 5 nitrogen and oxygen atoms in total. The van der Waals surface area contributed by atoms with E-state index >= 15 is 0 Å². The number of likely N-dealkylation sites (tertiary alicyclic amines) is 2. The van der Waals surface area contributed by atoms with E-state index in [9.17, 15) is 14.7 Å². The van der Waals surface area contributed by atoms with E-state index in [1.807, 2.05) is 11.8 Å². The van der Waals surface area contributed by atoms with E-state index in [0.717, 1.165) is 19.4 Å². The number of carbonyl (C=O) groups excluding carboxylic acids is 2. The molecule has 2 saturated heterocycles. The Kier molecular flexibility index (Phi) is 3.25. The molecule has 5 heteroatoms. The Morgan fingerprint density at radius 3 is 2.74 bits per heavy atom. The summed E-state index contributed by atoms with van der Waals surface area (Å²) in [6, 6.07) is 0. The molecule has 3 rings (SSSR count). The van der Waals surface area contributed by atoms with Crippen molar-refractivity contribution in [2.24, 2.45) is 17.8 Å². The molecule has 0 spiro atoms. The van der Waals surface area contributed by atoms with Crippen molar-refractivity contribution in [3.63, 3.8) is 0 Å². The quantitative estimate of drug-likeness (QED) is 0.770. The van der Waals surface area contributed by atoms with E-state index in [2.05, 4.69) is 0 Å². The maximum Gasteiger partial charge on any atom is 0.228 e. The van der Waals surface area contributed by atoms with Crippen LogP contribution in [0.4, 0.5) is 0 Å². The van der Waals surface area contributed by atoms with E-state index in [4.69, 9.17) is 0 Å². The third-order valence-electron chi connectivity index (χ3n) is 5.08. The molecule has 4 atom stereocenters. The van der Waals surface area contributed by atoms with Crippen molar-refractivity contribution in [1.29, 1.82) is 0 Å². The minimum atomic E-state index is -0.236. The lowest BCUT2D eigenvalue weighted by atomic mass is 10.00. The first-order chi connectivity index (χ1) is 9.10. The fraction of sp³-hybridized carbons (Fsp3) is 0.857. The summed E-state index contributed by atoms with van der Waals surface area (Å²) in [6.45, 7) is 4.66. The van der Waals surface area contributed by atoms with Crippen molar-refractivity contribution >= 4 is 11.8 Å². The number of hydrogen-bond donors (Lipinski definition) is 1. The highest BCUT2D eigenvalue weighted by molar-refractivity contribution is 5.89. The topological polar surface area (TPSA) is 60.9 Å². The van der Waals surface area contributed by atoms with E-state index in [1.165, 1.54) is 0 Å². The molecule has 19 heavy (non-hydrogen) atoms. The third-order valence-corrected chi connectivity index (χ3v) is 5.08. The summed E-state index contributed by atoms with van der Waals surface area (Å²) in [5, 5.41) is 9.89. The van der Waals surface area contributed by atoms with Gasteiger partial charge in [0.1, 0.15) is 0 Å². The zero-order valence-electron chi connectivity index (χ0n) is 11.4. The van der Waals surface area contributed by atoms with Crippen LogP contribution in [0.1, 0.15) is 26.2 Å². The largest absolute Gasteiger partial charge is 0.393 e. The molecule has 3 aliphatic rings. The average molecular weight is 266 g/mol. The summed E-state index contributed by atoms with van der Waals surface area (Å²) >= 11 is 0. The standard InChI is InChI=1S/C14H22N2O3/c1-2-15-7-10(5-13(15)18)14(19)16-6-9-3-4-12(17)11(9)8-16/h9-12,17H,2-8H2,1H3. The molecule has 1 saturated carbocycles. The Hall–Kier alpha value is -1.10. The number of hydrogen-bond acceptors (Lipinski definition) is 3. The minimum absolute atomic E-state index is 0.0975. The van der Waals surface area contributed by atoms with Crippen molar-refractivity contribution in [3.05, 3.63) is 0 Å². The first kappa shape index (κ1) is 12.9. The molecular formula is C14H22N2O3. The van der Waals surface area contributed by atoms with Gasteiger partial charge in [-0.25, -0.2) is 0 Å². The molecule has 0 aromatic heterocycles. The maximum atomic E-state index is 12.5. The Bertz CT molecular complexity index is 398. The molecule has 2 amide bonds. The van der Waals surface area contributed by atoms with Crippen LogP contribution in [0.15, 0.2) is 0 Å². The van der Waals surface area contributed by atoms with Crippen LogP contribution in [0.2, 0.25) is 0 Å². The highest BCUT2D eigenvalue weighted by Gasteiger charge is 2.45. The zero-order valence-corrected chi connectivity index (χ0v) is 11.4. The molecule has 2 aliphatic heterocycles. The number of rotatable bonds is 2. The summed E-state index contributed by atoms with van der Waals surface area (Å²) in [4.78, 5) is 27.8. The molecule has 0 aromatic carbocycles. The van der Waals surface area contributed by atoms with Gasteiger partial charge in [-0.05, 0) is 25.7 Å². The molecular weight excluding hydrogens is 244 g/mol. The Morgan fingerprint density at radius 2 is 2.11 bits per heavy atom. The van der Waals surface area contributed by atoms with Crippen LogP contribution in [0.3, 0.4) is 0 Å². The lowest BCUT2D eigenvalue weighted by Gasteiger charge is -2.22. The minimum Gasteiger partial charge on any atom is -0.393 e. The second-order valence-corrected chi connectivity index (χ2v) is 6.15. The molecule has 1 aliphatic carbocycles. The lowest BCUT2D eigenvalue weighted by molar-refractivity contribution is -0.135. The highest BCUT2D eigenvalue weighted by atomic mass is 16.3. The molecule has 0 bridgehead atoms. The highest BCUT2D eigenvalue weighted by Crippen LogP contribution is 2.39. The Balaban J connectivity index is 1.62. The smallest absolute Gasteiger partial charge is 0.228 e. The Labute approximate surface area is 113 Å². The van der Waals surface area contributed by atoms with Gasteiger partial charge in [0.05, 0.1) is 12.0 Å². The summed E-state index contributed by atoms with van der Waals surface area (Å²) in [5.74, 6) is 0.788. The van der Waals surface area contributed by atoms with Crippen molar-refractivity contribution < 1.29 is 14.7 Å². The van der Waals surface area contributed by atoms with Gasteiger partial charge in [0.15, 0.2) is 0 Å². The van der Waals surface area contributed by atoms with Crippen LogP contribution in [-0.2, 0) is 9.59 Å². The molecule has 4 unspecified atom stereocenters. The summed E-state index contributed by atoms with van der Waals surface area (Å²) in [7, 11) is 0. The van der Waals surface area contributed by atoms with E-state index in [-0.39, 0.29) is 29.8 Å². The third kappa shape index (κ3) is 2.14. The van der Waals surface area contributed by atoms with Gasteiger partial charge >= 0.3 is 0 Å². The van der Waals surface area contributed by atoms with Crippen LogP contribution in [0, 0.1) is 17.8 Å². The van der Waals surface area contributed by atoms with Crippen molar-refractivity contribution in [3.8, 4) is 0 Å². The van der Waals surface area contributed by atoms with Gasteiger partial charge in [-0.3, -0.25) is 9.59 Å². The van der Waals surface area contributed by atoms with Gasteiger partial charge in [0, 0.05) is 38.5 Å². The fourth-order valence-electron chi connectivity index (χ4n) is 3.92. The van der Waals surface area contributed by atoms with Gasteiger partial charge in [-0.1, -0.05) is 0 Å². The van der Waals surface area contributed by atoms with Gasteiger partial charge in [-0.15, -0.1) is 0 Å². The first-order valence-electron chi connectivity index (χ1n) is 7.34. The van der Waals surface area contributed by atoms with Gasteiger partial charge in [0.25, 0.3) is 0 Å². The van der Waals surface area contributed by atoms with Gasteiger partial charge in [0.2, 0.25) is 11.8 Å². The second kappa shape index (κ2) is 4.78. The first-order valence-corrected chi connectivity index (χ1v) is 7.34. The number of carbonyl (C=O) groups is 2. The van der Waals surface area contributed by atoms with Crippen LogP contribution in [0.25, 0.3) is 0 Å². The van der Waals surface area contributed by atoms with E-state index in [0.29, 0.717) is 32.0 Å². The Morgan fingerprint density at radius 1 is 1.32 bits per heavy atom. The predicted octanol–water partition coefficient (Wildman–Crippen LogP) is 0.0841. The number of fused-ring (bicyclic) bond motifs is 1. The number of amides is 2. The van der Waals surface area contributed by atoms with Gasteiger partial charge < -0.3 is 14.9 Å². The van der Waals surface area contributed by atoms with E-state index in [1.54, 1.807) is 4.90 Å². The molecule has 0 aromatic rings. The van der Waals surface area contributed by atoms with Crippen LogP contribution >= 0.6 is 0 Å². The van der Waals surface area contributed by atoms with Crippen molar-refractivity contribution in [2.45, 2.75) is 32.3 Å². The molecule has 1 N–H and O–H groups in total. The predicted molar refractivity (Wildman–Crippen MR) is 69.2 cm³/mol. The SMILES string of the molecule is CCN1CC(C(=O)N2CC3CCC(O)C3C2)CC1=O.